The van der Waals surface area contributed by atoms with Gasteiger partial charge < -0.3 is 18.9 Å². The van der Waals surface area contributed by atoms with Crippen LogP contribution in [0.5, 0.6) is 5.75 Å². The third-order valence-corrected chi connectivity index (χ3v) is 11.5. The van der Waals surface area contributed by atoms with Gasteiger partial charge in [0.1, 0.15) is 28.6 Å². The molecule has 0 saturated heterocycles. The van der Waals surface area contributed by atoms with Crippen LogP contribution in [-0.4, -0.2) is 29.9 Å². The Morgan fingerprint density at radius 3 is 2.37 bits per heavy atom. The van der Waals surface area contributed by atoms with Crippen molar-refractivity contribution in [1.82, 2.24) is 9.97 Å². The zero-order valence-electron chi connectivity index (χ0n) is 26.1. The molecule has 7 nitrogen and oxygen atoms in total. The van der Waals surface area contributed by atoms with Crippen LogP contribution < -0.4 is 9.74 Å². The largest absolute Gasteiger partial charge is 0.543 e. The molecule has 0 atom stereocenters. The Morgan fingerprint density at radius 1 is 1.02 bits per heavy atom. The SMILES string of the molecule is CC(C)(C)OC(=O)/C(=C/c1ccco1)Nc1ncc(-c2cccc(O[Si](C)(C)C(C)(C)C)c2)nc1Cc1ccc(F)cc1. The van der Waals surface area contributed by atoms with E-state index in [-0.39, 0.29) is 16.6 Å². The number of carbonyl (C=O) groups excluding carboxylic acids is 1. The van der Waals surface area contributed by atoms with Gasteiger partial charge in [-0.05, 0) is 80.9 Å². The van der Waals surface area contributed by atoms with Crippen molar-refractivity contribution in [3.63, 3.8) is 0 Å². The van der Waals surface area contributed by atoms with Crippen LogP contribution in [0, 0.1) is 5.82 Å². The number of ether oxygens (including phenoxy) is 1. The molecule has 9 heteroatoms. The number of benzene rings is 2. The molecule has 0 saturated carbocycles. The highest BCUT2D eigenvalue weighted by Crippen LogP contribution is 2.38. The van der Waals surface area contributed by atoms with Crippen molar-refractivity contribution in [3.8, 4) is 17.0 Å². The van der Waals surface area contributed by atoms with E-state index in [0.717, 1.165) is 16.9 Å². The van der Waals surface area contributed by atoms with E-state index in [1.807, 2.05) is 24.3 Å². The van der Waals surface area contributed by atoms with Crippen molar-refractivity contribution < 1.29 is 22.8 Å². The first-order valence-corrected chi connectivity index (χ1v) is 17.2. The minimum absolute atomic E-state index is 0.0491. The highest BCUT2D eigenvalue weighted by Gasteiger charge is 2.39. The first-order chi connectivity index (χ1) is 20.1. The summed E-state index contributed by atoms with van der Waals surface area (Å²) in [6.07, 6.45) is 5.08. The molecule has 2 aromatic carbocycles. The van der Waals surface area contributed by atoms with Gasteiger partial charge in [-0.2, -0.15) is 0 Å². The van der Waals surface area contributed by atoms with Gasteiger partial charge in [-0.3, -0.25) is 0 Å². The summed E-state index contributed by atoms with van der Waals surface area (Å²) in [5.41, 5.74) is 2.29. The molecule has 0 bridgehead atoms. The van der Waals surface area contributed by atoms with E-state index in [4.69, 9.17) is 23.5 Å². The Balaban J connectivity index is 1.74. The highest BCUT2D eigenvalue weighted by molar-refractivity contribution is 6.74. The summed E-state index contributed by atoms with van der Waals surface area (Å²) in [6, 6.07) is 17.5. The van der Waals surface area contributed by atoms with Crippen LogP contribution in [-0.2, 0) is 16.0 Å². The Morgan fingerprint density at radius 2 is 1.74 bits per heavy atom. The van der Waals surface area contributed by atoms with Gasteiger partial charge >= 0.3 is 5.97 Å². The number of hydrogen-bond donors (Lipinski definition) is 1. The lowest BCUT2D eigenvalue weighted by atomic mass is 10.1. The lowest BCUT2D eigenvalue weighted by Crippen LogP contribution is -2.43. The number of carbonyl (C=O) groups is 1. The number of halogens is 1. The second-order valence-electron chi connectivity index (χ2n) is 12.9. The zero-order valence-corrected chi connectivity index (χ0v) is 27.1. The van der Waals surface area contributed by atoms with Gasteiger partial charge in [-0.15, -0.1) is 0 Å². The number of rotatable bonds is 9. The summed E-state index contributed by atoms with van der Waals surface area (Å²) in [6.45, 7) is 16.4. The molecule has 4 aromatic rings. The third kappa shape index (κ3) is 8.64. The number of hydrogen-bond acceptors (Lipinski definition) is 7. The Hall–Kier alpha value is -4.24. The van der Waals surface area contributed by atoms with Gasteiger partial charge in [0, 0.05) is 18.1 Å². The first-order valence-electron chi connectivity index (χ1n) is 14.2. The maximum atomic E-state index is 13.7. The molecule has 0 aliphatic heterocycles. The van der Waals surface area contributed by atoms with Crippen molar-refractivity contribution in [1.29, 1.82) is 0 Å². The van der Waals surface area contributed by atoms with E-state index in [9.17, 15) is 9.18 Å². The fourth-order valence-electron chi connectivity index (χ4n) is 3.88. The summed E-state index contributed by atoms with van der Waals surface area (Å²) in [7, 11) is -2.05. The zero-order chi connectivity index (χ0) is 31.4. The maximum Gasteiger partial charge on any atom is 0.355 e. The van der Waals surface area contributed by atoms with E-state index in [1.165, 1.54) is 18.4 Å². The molecule has 226 valence electrons. The van der Waals surface area contributed by atoms with Crippen LogP contribution in [0.3, 0.4) is 0 Å². The lowest BCUT2D eigenvalue weighted by Gasteiger charge is -2.36. The van der Waals surface area contributed by atoms with Crippen molar-refractivity contribution in [2.24, 2.45) is 0 Å². The smallest absolute Gasteiger partial charge is 0.355 e. The standard InChI is InChI=1S/C34H40FN3O4Si/c1-33(2,3)41-32(39)29(21-26-13-10-18-40-26)38-31-28(19-23-14-16-25(35)17-15-23)37-30(22-36-31)24-11-9-12-27(20-24)42-43(7,8)34(4,5)6/h9-18,20-22H,19H2,1-8H3,(H,36,38)/b29-21-. The molecular formula is C34H40FN3O4Si. The number of furan rings is 1. The van der Waals surface area contributed by atoms with Crippen LogP contribution in [0.25, 0.3) is 17.3 Å². The third-order valence-electron chi connectivity index (χ3n) is 7.14. The molecule has 0 amide bonds. The predicted molar refractivity (Wildman–Crippen MR) is 171 cm³/mol. The van der Waals surface area contributed by atoms with Gasteiger partial charge in [0.25, 0.3) is 0 Å². The average molecular weight is 602 g/mol. The Bertz CT molecular complexity index is 1590. The molecule has 4 rings (SSSR count). The second kappa shape index (κ2) is 12.5. The number of anilines is 1. The molecule has 2 heterocycles. The molecule has 0 aliphatic rings. The molecule has 2 aromatic heterocycles. The van der Waals surface area contributed by atoms with Crippen molar-refractivity contribution in [2.75, 3.05) is 5.32 Å². The van der Waals surface area contributed by atoms with Gasteiger partial charge in [0.15, 0.2) is 5.82 Å². The fraction of sp³-hybridized carbons (Fsp3) is 0.324. The second-order valence-corrected chi connectivity index (χ2v) is 17.7. The fourth-order valence-corrected chi connectivity index (χ4v) is 4.90. The molecule has 1 N–H and O–H groups in total. The van der Waals surface area contributed by atoms with E-state index in [1.54, 1.807) is 57.3 Å². The topological polar surface area (TPSA) is 86.5 Å². The summed E-state index contributed by atoms with van der Waals surface area (Å²) in [5.74, 6) is 0.718. The van der Waals surface area contributed by atoms with Crippen molar-refractivity contribution in [2.45, 2.75) is 71.7 Å². The molecule has 0 fully saturated rings. The number of nitrogens with zero attached hydrogens (tertiary/aromatic N) is 2. The maximum absolute atomic E-state index is 13.7. The molecule has 0 spiro atoms. The van der Waals surface area contributed by atoms with Crippen LogP contribution >= 0.6 is 0 Å². The normalized spacial score (nSPS) is 12.6. The molecule has 0 unspecified atom stereocenters. The Kier molecular flexibility index (Phi) is 9.25. The van der Waals surface area contributed by atoms with Gasteiger partial charge in [-0.25, -0.2) is 19.2 Å². The minimum Gasteiger partial charge on any atom is -0.543 e. The lowest BCUT2D eigenvalue weighted by molar-refractivity contribution is -0.149. The molecule has 0 radical (unpaired) electrons. The van der Waals surface area contributed by atoms with Gasteiger partial charge in [-0.1, -0.05) is 45.0 Å². The summed E-state index contributed by atoms with van der Waals surface area (Å²) < 4.78 is 31.3. The van der Waals surface area contributed by atoms with Crippen molar-refractivity contribution >= 4 is 26.2 Å². The van der Waals surface area contributed by atoms with E-state index >= 15 is 0 Å². The van der Waals surface area contributed by atoms with E-state index < -0.39 is 19.9 Å². The number of nitrogens with one attached hydrogen (secondary N) is 1. The van der Waals surface area contributed by atoms with Gasteiger partial charge in [0.05, 0.1) is 23.8 Å². The van der Waals surface area contributed by atoms with Gasteiger partial charge in [0.2, 0.25) is 8.32 Å². The van der Waals surface area contributed by atoms with Crippen molar-refractivity contribution in [3.05, 3.63) is 102 Å². The number of esters is 1. The van der Waals surface area contributed by atoms with E-state index in [2.05, 4.69) is 39.2 Å². The molecule has 43 heavy (non-hydrogen) atoms. The average Bonchev–Trinajstić information content (AvgIpc) is 3.42. The predicted octanol–water partition coefficient (Wildman–Crippen LogP) is 8.65. The monoisotopic (exact) mass is 601 g/mol. The van der Waals surface area contributed by atoms with Crippen LogP contribution in [0.2, 0.25) is 18.1 Å². The summed E-state index contributed by atoms with van der Waals surface area (Å²) >= 11 is 0. The number of aromatic nitrogens is 2. The van der Waals surface area contributed by atoms with Crippen LogP contribution in [0.15, 0.2) is 83.2 Å². The summed E-state index contributed by atoms with van der Waals surface area (Å²) in [5, 5.41) is 3.19. The quantitative estimate of drug-likeness (QED) is 0.117. The minimum atomic E-state index is -2.05. The molecule has 0 aliphatic carbocycles. The van der Waals surface area contributed by atoms with Crippen LogP contribution in [0.1, 0.15) is 58.6 Å². The molecular weight excluding hydrogens is 561 g/mol. The van der Waals surface area contributed by atoms with Crippen LogP contribution in [0.4, 0.5) is 10.2 Å². The highest BCUT2D eigenvalue weighted by atomic mass is 28.4. The Labute approximate surface area is 254 Å². The van der Waals surface area contributed by atoms with E-state index in [0.29, 0.717) is 29.4 Å². The summed E-state index contributed by atoms with van der Waals surface area (Å²) in [4.78, 5) is 22.9. The first kappa shape index (κ1) is 31.7.